The lowest BCUT2D eigenvalue weighted by atomic mass is 9.68. The van der Waals surface area contributed by atoms with Crippen molar-refractivity contribution >= 4 is 10.0 Å². The summed E-state index contributed by atoms with van der Waals surface area (Å²) < 4.78 is 24.9. The van der Waals surface area contributed by atoms with Crippen LogP contribution in [-0.2, 0) is 10.0 Å². The van der Waals surface area contributed by atoms with E-state index in [2.05, 4.69) is 39.3 Å². The Hall–Kier alpha value is -0.0900. The van der Waals surface area contributed by atoms with Gasteiger partial charge in [0.15, 0.2) is 0 Å². The second kappa shape index (κ2) is 4.19. The van der Waals surface area contributed by atoms with Gasteiger partial charge in [0.2, 0.25) is 10.0 Å². The predicted molar refractivity (Wildman–Crippen MR) is 60.7 cm³/mol. The fraction of sp³-hybridized carbons (Fsp3) is 1.00. The molecule has 0 spiro atoms. The van der Waals surface area contributed by atoms with Crippen molar-refractivity contribution in [3.63, 3.8) is 0 Å². The molecule has 0 aromatic rings. The van der Waals surface area contributed by atoms with Gasteiger partial charge in [-0.15, -0.1) is 0 Å². The Balaban J connectivity index is 4.42. The lowest BCUT2D eigenvalue weighted by Crippen LogP contribution is -2.33. The molecule has 3 nitrogen and oxygen atoms in total. The topological polar surface area (TPSA) is 46.2 Å². The van der Waals surface area contributed by atoms with E-state index < -0.39 is 10.0 Å². The van der Waals surface area contributed by atoms with Gasteiger partial charge < -0.3 is 0 Å². The quantitative estimate of drug-likeness (QED) is 0.789. The fourth-order valence-electron chi connectivity index (χ4n) is 0.867. The van der Waals surface area contributed by atoms with Crippen LogP contribution >= 0.6 is 0 Å². The summed E-state index contributed by atoms with van der Waals surface area (Å²) in [7, 11) is -1.61. The molecule has 0 fully saturated rings. The SMILES string of the molecule is CNS(=O)(=O)CCC(C)(C)C(C)(C)C. The van der Waals surface area contributed by atoms with Gasteiger partial charge in [0.25, 0.3) is 0 Å². The Labute approximate surface area is 88.3 Å². The summed E-state index contributed by atoms with van der Waals surface area (Å²) in [5, 5.41) is 0. The highest BCUT2D eigenvalue weighted by molar-refractivity contribution is 7.89. The molecular formula is C10H23NO2S. The summed E-state index contributed by atoms with van der Waals surface area (Å²) in [5.41, 5.74) is 0.146. The van der Waals surface area contributed by atoms with Gasteiger partial charge >= 0.3 is 0 Å². The molecule has 0 radical (unpaired) electrons. The second-order valence-electron chi connectivity index (χ2n) is 5.41. The summed E-state index contributed by atoms with van der Waals surface area (Å²) in [6, 6.07) is 0. The van der Waals surface area contributed by atoms with E-state index in [9.17, 15) is 8.42 Å². The molecule has 1 N–H and O–H groups in total. The van der Waals surface area contributed by atoms with E-state index in [1.807, 2.05) is 0 Å². The Morgan fingerprint density at radius 2 is 1.50 bits per heavy atom. The van der Waals surface area contributed by atoms with Crippen molar-refractivity contribution < 1.29 is 8.42 Å². The van der Waals surface area contributed by atoms with Gasteiger partial charge in [-0.05, 0) is 24.3 Å². The minimum absolute atomic E-state index is 0.0247. The molecule has 0 atom stereocenters. The number of hydrogen-bond donors (Lipinski definition) is 1. The van der Waals surface area contributed by atoms with E-state index in [1.54, 1.807) is 0 Å². The van der Waals surface area contributed by atoms with Gasteiger partial charge in [-0.25, -0.2) is 13.1 Å². The summed E-state index contributed by atoms with van der Waals surface area (Å²) in [4.78, 5) is 0. The average molecular weight is 221 g/mol. The molecule has 0 amide bonds. The van der Waals surface area contributed by atoms with Crippen LogP contribution in [0.2, 0.25) is 0 Å². The Bertz CT molecular complexity index is 273. The number of sulfonamides is 1. The molecule has 0 saturated carbocycles. The van der Waals surface area contributed by atoms with Crippen molar-refractivity contribution in [2.45, 2.75) is 41.0 Å². The fourth-order valence-corrected chi connectivity index (χ4v) is 1.85. The highest BCUT2D eigenvalue weighted by atomic mass is 32.2. The van der Waals surface area contributed by atoms with Crippen molar-refractivity contribution in [1.82, 2.24) is 4.72 Å². The van der Waals surface area contributed by atoms with Crippen LogP contribution in [-0.4, -0.2) is 21.2 Å². The van der Waals surface area contributed by atoms with Gasteiger partial charge in [-0.2, -0.15) is 0 Å². The first-order valence-corrected chi connectivity index (χ1v) is 6.58. The largest absolute Gasteiger partial charge is 0.218 e. The molecule has 0 aliphatic rings. The average Bonchev–Trinajstić information content (AvgIpc) is 1.99. The second-order valence-corrected chi connectivity index (χ2v) is 7.45. The third-order valence-electron chi connectivity index (χ3n) is 3.34. The predicted octanol–water partition coefficient (Wildman–Crippen LogP) is 2.00. The molecule has 0 aromatic carbocycles. The van der Waals surface area contributed by atoms with E-state index in [0.29, 0.717) is 6.42 Å². The number of nitrogens with one attached hydrogen (secondary N) is 1. The molecule has 86 valence electrons. The van der Waals surface area contributed by atoms with E-state index in [-0.39, 0.29) is 16.6 Å². The molecule has 0 aliphatic carbocycles. The molecule has 4 heteroatoms. The van der Waals surface area contributed by atoms with Crippen molar-refractivity contribution in [3.05, 3.63) is 0 Å². The van der Waals surface area contributed by atoms with Gasteiger partial charge in [0.05, 0.1) is 5.75 Å². The van der Waals surface area contributed by atoms with Crippen LogP contribution in [0.5, 0.6) is 0 Å². The number of hydrogen-bond acceptors (Lipinski definition) is 2. The molecule has 0 heterocycles. The molecule has 0 unspecified atom stereocenters. The molecule has 0 aromatic heterocycles. The third kappa shape index (κ3) is 3.96. The van der Waals surface area contributed by atoms with Crippen LogP contribution in [0.1, 0.15) is 41.0 Å². The Morgan fingerprint density at radius 1 is 1.07 bits per heavy atom. The van der Waals surface area contributed by atoms with Gasteiger partial charge in [0, 0.05) is 0 Å². The van der Waals surface area contributed by atoms with Crippen molar-refractivity contribution in [2.24, 2.45) is 10.8 Å². The minimum atomic E-state index is -3.06. The smallest absolute Gasteiger partial charge is 0.211 e. The van der Waals surface area contributed by atoms with Crippen LogP contribution in [0.15, 0.2) is 0 Å². The Morgan fingerprint density at radius 3 is 1.79 bits per heavy atom. The van der Waals surface area contributed by atoms with Crippen molar-refractivity contribution in [2.75, 3.05) is 12.8 Å². The van der Waals surface area contributed by atoms with E-state index in [1.165, 1.54) is 7.05 Å². The Kier molecular flexibility index (Phi) is 4.16. The third-order valence-corrected chi connectivity index (χ3v) is 4.70. The first-order valence-electron chi connectivity index (χ1n) is 4.93. The summed E-state index contributed by atoms with van der Waals surface area (Å²) in [6.07, 6.45) is 0.680. The zero-order chi connectivity index (χ0) is 11.6. The molecule has 14 heavy (non-hydrogen) atoms. The van der Waals surface area contributed by atoms with Crippen LogP contribution in [0.25, 0.3) is 0 Å². The summed E-state index contributed by atoms with van der Waals surface area (Å²) in [5.74, 6) is 0.202. The molecular weight excluding hydrogens is 198 g/mol. The lowest BCUT2D eigenvalue weighted by Gasteiger charge is -2.38. The van der Waals surface area contributed by atoms with Crippen LogP contribution in [0.3, 0.4) is 0 Å². The lowest BCUT2D eigenvalue weighted by molar-refractivity contribution is 0.127. The summed E-state index contributed by atoms with van der Waals surface area (Å²) in [6.45, 7) is 10.6. The maximum absolute atomic E-state index is 11.3. The first kappa shape index (κ1) is 13.9. The zero-order valence-electron chi connectivity index (χ0n) is 10.1. The monoisotopic (exact) mass is 221 g/mol. The van der Waals surface area contributed by atoms with Crippen LogP contribution < -0.4 is 4.72 Å². The first-order chi connectivity index (χ1) is 6.02. The molecule has 0 saturated heterocycles. The van der Waals surface area contributed by atoms with E-state index in [0.717, 1.165) is 0 Å². The minimum Gasteiger partial charge on any atom is -0.218 e. The highest BCUT2D eigenvalue weighted by Crippen LogP contribution is 2.40. The normalized spacial score (nSPS) is 14.4. The molecule has 0 aliphatic heterocycles. The zero-order valence-corrected chi connectivity index (χ0v) is 11.0. The number of rotatable bonds is 4. The summed E-state index contributed by atoms with van der Waals surface area (Å²) >= 11 is 0. The standard InChI is InChI=1S/C10H23NO2S/c1-9(2,3)10(4,5)7-8-14(12,13)11-6/h11H,7-8H2,1-6H3. The van der Waals surface area contributed by atoms with Gasteiger partial charge in [0.1, 0.15) is 0 Å². The maximum Gasteiger partial charge on any atom is 0.211 e. The van der Waals surface area contributed by atoms with Crippen LogP contribution in [0, 0.1) is 10.8 Å². The van der Waals surface area contributed by atoms with Crippen molar-refractivity contribution in [1.29, 1.82) is 0 Å². The van der Waals surface area contributed by atoms with Crippen LogP contribution in [0.4, 0.5) is 0 Å². The van der Waals surface area contributed by atoms with Gasteiger partial charge in [-0.1, -0.05) is 34.6 Å². The van der Waals surface area contributed by atoms with E-state index >= 15 is 0 Å². The highest BCUT2D eigenvalue weighted by Gasteiger charge is 2.33. The maximum atomic E-state index is 11.3. The molecule has 0 rings (SSSR count). The van der Waals surface area contributed by atoms with Gasteiger partial charge in [-0.3, -0.25) is 0 Å². The van der Waals surface area contributed by atoms with Crippen molar-refractivity contribution in [3.8, 4) is 0 Å². The molecule has 0 bridgehead atoms. The van der Waals surface area contributed by atoms with E-state index in [4.69, 9.17) is 0 Å².